The van der Waals surface area contributed by atoms with Gasteiger partial charge in [0.05, 0.1) is 11.7 Å². The van der Waals surface area contributed by atoms with Crippen molar-refractivity contribution in [1.82, 2.24) is 14.5 Å². The number of carbonyl (C=O) groups excluding carboxylic acids is 1. The van der Waals surface area contributed by atoms with Crippen LogP contribution in [0.1, 0.15) is 12.8 Å². The van der Waals surface area contributed by atoms with Gasteiger partial charge in [-0.3, -0.25) is 14.2 Å². The molecule has 4 aromatic heterocycles. The number of hydrogen-bond donors (Lipinski definition) is 1. The monoisotopic (exact) mass is 436 g/mol. The Kier molecular flexibility index (Phi) is 4.68. The van der Waals surface area contributed by atoms with Gasteiger partial charge in [-0.2, -0.15) is 0 Å². The summed E-state index contributed by atoms with van der Waals surface area (Å²) < 4.78 is 6.93. The van der Waals surface area contributed by atoms with Gasteiger partial charge in [0, 0.05) is 27.9 Å². The molecule has 1 aromatic carbocycles. The SMILES string of the molecule is CCc1nc2cc(NC(=O)Cn3cnc4scc(-c5cccs5)c4c3=O)ccc2o1. The van der Waals surface area contributed by atoms with E-state index in [-0.39, 0.29) is 18.0 Å². The summed E-state index contributed by atoms with van der Waals surface area (Å²) in [6, 6.07) is 9.20. The number of benzene rings is 1. The summed E-state index contributed by atoms with van der Waals surface area (Å²) in [4.78, 5) is 36.0. The Morgan fingerprint density at radius 3 is 2.97 bits per heavy atom. The van der Waals surface area contributed by atoms with Gasteiger partial charge in [-0.15, -0.1) is 22.7 Å². The molecule has 0 aliphatic rings. The Bertz CT molecular complexity index is 1430. The zero-order valence-electron chi connectivity index (χ0n) is 15.9. The van der Waals surface area contributed by atoms with Crippen molar-refractivity contribution in [3.8, 4) is 10.4 Å². The average Bonchev–Trinajstić information content (AvgIpc) is 3.48. The van der Waals surface area contributed by atoms with Crippen LogP contribution >= 0.6 is 22.7 Å². The van der Waals surface area contributed by atoms with E-state index in [0.717, 1.165) is 10.4 Å². The van der Waals surface area contributed by atoms with Crippen LogP contribution < -0.4 is 10.9 Å². The summed E-state index contributed by atoms with van der Waals surface area (Å²) in [5, 5.41) is 7.27. The number of nitrogens with one attached hydrogen (secondary N) is 1. The number of rotatable bonds is 5. The van der Waals surface area contributed by atoms with E-state index < -0.39 is 0 Å². The minimum absolute atomic E-state index is 0.126. The van der Waals surface area contributed by atoms with Gasteiger partial charge in [0.15, 0.2) is 11.5 Å². The summed E-state index contributed by atoms with van der Waals surface area (Å²) >= 11 is 3.00. The molecule has 1 amide bonds. The molecular formula is C21H16N4O3S2. The normalized spacial score (nSPS) is 11.4. The number of amides is 1. The fourth-order valence-corrected chi connectivity index (χ4v) is 4.97. The first-order valence-corrected chi connectivity index (χ1v) is 11.1. The molecule has 0 spiro atoms. The average molecular weight is 437 g/mol. The summed E-state index contributed by atoms with van der Waals surface area (Å²) in [6.07, 6.45) is 2.12. The van der Waals surface area contributed by atoms with E-state index >= 15 is 0 Å². The lowest BCUT2D eigenvalue weighted by Crippen LogP contribution is -2.27. The maximum absolute atomic E-state index is 13.0. The summed E-state index contributed by atoms with van der Waals surface area (Å²) in [5.41, 5.74) is 2.60. The highest BCUT2D eigenvalue weighted by Gasteiger charge is 2.15. The maximum Gasteiger partial charge on any atom is 0.263 e. The lowest BCUT2D eigenvalue weighted by atomic mass is 10.2. The van der Waals surface area contributed by atoms with Crippen molar-refractivity contribution in [2.75, 3.05) is 5.32 Å². The van der Waals surface area contributed by atoms with E-state index in [4.69, 9.17) is 4.42 Å². The number of nitrogens with zero attached hydrogens (tertiary/aromatic N) is 3. The molecule has 7 nitrogen and oxygen atoms in total. The van der Waals surface area contributed by atoms with Crippen LogP contribution in [-0.4, -0.2) is 20.4 Å². The van der Waals surface area contributed by atoms with E-state index in [9.17, 15) is 9.59 Å². The quantitative estimate of drug-likeness (QED) is 0.437. The number of oxazole rings is 1. The standard InChI is InChI=1S/C21H16N4O3S2/c1-2-18-24-14-8-12(5-6-15(14)28-18)23-17(26)9-25-11-22-20-19(21(25)27)13(10-30-20)16-4-3-7-29-16/h3-8,10-11H,2,9H2,1H3,(H,23,26). The van der Waals surface area contributed by atoms with Gasteiger partial charge in [0.2, 0.25) is 5.91 Å². The zero-order valence-corrected chi connectivity index (χ0v) is 17.5. The minimum atomic E-state index is -0.315. The van der Waals surface area contributed by atoms with E-state index in [1.807, 2.05) is 29.8 Å². The van der Waals surface area contributed by atoms with Gasteiger partial charge in [-0.25, -0.2) is 9.97 Å². The highest BCUT2D eigenvalue weighted by atomic mass is 32.1. The molecule has 0 saturated heterocycles. The summed E-state index contributed by atoms with van der Waals surface area (Å²) in [7, 11) is 0. The molecule has 4 heterocycles. The van der Waals surface area contributed by atoms with Crippen molar-refractivity contribution < 1.29 is 9.21 Å². The Morgan fingerprint density at radius 2 is 2.17 bits per heavy atom. The van der Waals surface area contributed by atoms with Crippen LogP contribution in [0, 0.1) is 0 Å². The van der Waals surface area contributed by atoms with Crippen LogP contribution in [-0.2, 0) is 17.8 Å². The van der Waals surface area contributed by atoms with E-state index in [2.05, 4.69) is 15.3 Å². The number of aryl methyl sites for hydroxylation is 1. The molecule has 0 unspecified atom stereocenters. The van der Waals surface area contributed by atoms with Crippen molar-refractivity contribution in [2.24, 2.45) is 0 Å². The van der Waals surface area contributed by atoms with Crippen LogP contribution in [0.25, 0.3) is 31.8 Å². The van der Waals surface area contributed by atoms with Crippen LogP contribution in [0.4, 0.5) is 5.69 Å². The van der Waals surface area contributed by atoms with Gasteiger partial charge in [0.25, 0.3) is 5.56 Å². The number of thiophene rings is 2. The molecule has 5 rings (SSSR count). The third kappa shape index (κ3) is 3.31. The third-order valence-electron chi connectivity index (χ3n) is 4.68. The van der Waals surface area contributed by atoms with Gasteiger partial charge in [-0.1, -0.05) is 13.0 Å². The Balaban J connectivity index is 1.41. The molecule has 5 aromatic rings. The first-order chi connectivity index (χ1) is 14.6. The van der Waals surface area contributed by atoms with E-state index in [1.165, 1.54) is 22.2 Å². The first kappa shape index (κ1) is 18.7. The molecule has 0 aliphatic carbocycles. The van der Waals surface area contributed by atoms with Crippen molar-refractivity contribution >= 4 is 55.6 Å². The topological polar surface area (TPSA) is 90.0 Å². The highest BCUT2D eigenvalue weighted by Crippen LogP contribution is 2.33. The van der Waals surface area contributed by atoms with Crippen molar-refractivity contribution in [2.45, 2.75) is 19.9 Å². The fourth-order valence-electron chi connectivity index (χ4n) is 3.25. The first-order valence-electron chi connectivity index (χ1n) is 9.32. The Morgan fingerprint density at radius 1 is 1.27 bits per heavy atom. The van der Waals surface area contributed by atoms with E-state index in [0.29, 0.717) is 39.3 Å². The Hall–Kier alpha value is -3.30. The number of aromatic nitrogens is 3. The molecule has 0 saturated carbocycles. The van der Waals surface area contributed by atoms with Gasteiger partial charge >= 0.3 is 0 Å². The number of carbonyl (C=O) groups is 1. The van der Waals surface area contributed by atoms with Crippen LogP contribution in [0.5, 0.6) is 0 Å². The number of fused-ring (bicyclic) bond motifs is 2. The largest absolute Gasteiger partial charge is 0.441 e. The smallest absolute Gasteiger partial charge is 0.263 e. The summed E-state index contributed by atoms with van der Waals surface area (Å²) in [6.45, 7) is 1.84. The van der Waals surface area contributed by atoms with E-state index in [1.54, 1.807) is 29.5 Å². The second-order valence-electron chi connectivity index (χ2n) is 6.68. The third-order valence-corrected chi connectivity index (χ3v) is 6.47. The molecule has 0 fully saturated rings. The van der Waals surface area contributed by atoms with Crippen molar-refractivity contribution in [3.63, 3.8) is 0 Å². The predicted molar refractivity (Wildman–Crippen MR) is 119 cm³/mol. The van der Waals surface area contributed by atoms with Crippen molar-refractivity contribution in [1.29, 1.82) is 0 Å². The molecule has 150 valence electrons. The second kappa shape index (κ2) is 7.51. The number of hydrogen-bond acceptors (Lipinski definition) is 7. The molecule has 0 atom stereocenters. The Labute approximate surface area is 178 Å². The van der Waals surface area contributed by atoms with Crippen LogP contribution in [0.3, 0.4) is 0 Å². The highest BCUT2D eigenvalue weighted by molar-refractivity contribution is 7.18. The summed E-state index contributed by atoms with van der Waals surface area (Å²) in [5.74, 6) is 0.335. The molecule has 9 heteroatoms. The van der Waals surface area contributed by atoms with Gasteiger partial charge < -0.3 is 9.73 Å². The molecule has 30 heavy (non-hydrogen) atoms. The molecule has 0 bridgehead atoms. The van der Waals surface area contributed by atoms with Crippen molar-refractivity contribution in [3.05, 3.63) is 63.7 Å². The lowest BCUT2D eigenvalue weighted by Gasteiger charge is -2.07. The minimum Gasteiger partial charge on any atom is -0.441 e. The predicted octanol–water partition coefficient (Wildman–Crippen LogP) is 4.53. The molecule has 0 radical (unpaired) electrons. The van der Waals surface area contributed by atoms with Gasteiger partial charge in [-0.05, 0) is 29.6 Å². The fraction of sp³-hybridized carbons (Fsp3) is 0.143. The number of anilines is 1. The second-order valence-corrected chi connectivity index (χ2v) is 8.48. The zero-order chi connectivity index (χ0) is 20.7. The maximum atomic E-state index is 13.0. The lowest BCUT2D eigenvalue weighted by molar-refractivity contribution is -0.116. The van der Waals surface area contributed by atoms with Crippen LogP contribution in [0.15, 0.2) is 56.6 Å². The molecular weight excluding hydrogens is 420 g/mol. The van der Waals surface area contributed by atoms with Gasteiger partial charge in [0.1, 0.15) is 16.9 Å². The molecule has 1 N–H and O–H groups in total. The molecule has 0 aliphatic heterocycles. The van der Waals surface area contributed by atoms with Crippen LogP contribution in [0.2, 0.25) is 0 Å².